The highest BCUT2D eigenvalue weighted by molar-refractivity contribution is 5.98. The Bertz CT molecular complexity index is 1020. The Balaban J connectivity index is 1.83. The quantitative estimate of drug-likeness (QED) is 0.832. The SMILES string of the molecule is CC1CCN(c2nc3c(c(=O)[nH]2)[C@@H](c2ccccc2F)[C@H](C#N)C(=O)N3)CC1. The van der Waals surface area contributed by atoms with Crippen LogP contribution in [0.25, 0.3) is 0 Å². The first-order chi connectivity index (χ1) is 13.5. The number of hydrogen-bond acceptors (Lipinski definition) is 5. The molecule has 1 amide bonds. The molecule has 0 radical (unpaired) electrons. The zero-order valence-corrected chi connectivity index (χ0v) is 15.4. The summed E-state index contributed by atoms with van der Waals surface area (Å²) in [5.74, 6) is -2.28. The van der Waals surface area contributed by atoms with Gasteiger partial charge in [-0.2, -0.15) is 10.2 Å². The van der Waals surface area contributed by atoms with E-state index in [1.807, 2.05) is 11.0 Å². The fraction of sp³-hybridized carbons (Fsp3) is 0.400. The molecule has 2 atom stereocenters. The van der Waals surface area contributed by atoms with Crippen molar-refractivity contribution in [1.82, 2.24) is 9.97 Å². The van der Waals surface area contributed by atoms with Crippen molar-refractivity contribution in [3.05, 3.63) is 51.6 Å². The fourth-order valence-corrected chi connectivity index (χ4v) is 3.93. The lowest BCUT2D eigenvalue weighted by molar-refractivity contribution is -0.119. The molecular weight excluding hydrogens is 361 g/mol. The Morgan fingerprint density at radius 1 is 1.25 bits per heavy atom. The van der Waals surface area contributed by atoms with E-state index in [1.54, 1.807) is 6.07 Å². The Hall–Kier alpha value is -3.21. The number of piperidine rings is 1. The molecule has 7 nitrogen and oxygen atoms in total. The molecule has 0 spiro atoms. The number of benzene rings is 1. The zero-order chi connectivity index (χ0) is 19.8. The van der Waals surface area contributed by atoms with Gasteiger partial charge >= 0.3 is 0 Å². The summed E-state index contributed by atoms with van der Waals surface area (Å²) in [6.07, 6.45) is 1.98. The highest BCUT2D eigenvalue weighted by Crippen LogP contribution is 2.39. The molecule has 1 saturated heterocycles. The summed E-state index contributed by atoms with van der Waals surface area (Å²) in [5.41, 5.74) is -0.213. The molecule has 4 rings (SSSR count). The molecule has 1 aromatic heterocycles. The summed E-state index contributed by atoms with van der Waals surface area (Å²) in [5, 5.41) is 12.1. The number of rotatable bonds is 2. The van der Waals surface area contributed by atoms with Crippen molar-refractivity contribution in [3.63, 3.8) is 0 Å². The van der Waals surface area contributed by atoms with Gasteiger partial charge in [-0.15, -0.1) is 0 Å². The number of aromatic nitrogens is 2. The van der Waals surface area contributed by atoms with Crippen LogP contribution in [0.5, 0.6) is 0 Å². The Morgan fingerprint density at radius 3 is 2.64 bits per heavy atom. The first kappa shape index (κ1) is 18.2. The summed E-state index contributed by atoms with van der Waals surface area (Å²) in [4.78, 5) is 34.7. The number of nitrogens with one attached hydrogen (secondary N) is 2. The molecule has 3 heterocycles. The van der Waals surface area contributed by atoms with Crippen molar-refractivity contribution in [2.75, 3.05) is 23.3 Å². The molecular formula is C20H20FN5O2. The molecule has 0 bridgehead atoms. The van der Waals surface area contributed by atoms with E-state index in [9.17, 15) is 19.2 Å². The Kier molecular flexibility index (Phi) is 4.59. The molecule has 1 fully saturated rings. The number of halogens is 1. The van der Waals surface area contributed by atoms with Crippen LogP contribution in [0.1, 0.15) is 36.8 Å². The van der Waals surface area contributed by atoms with Gasteiger partial charge in [0.15, 0.2) is 0 Å². The third-order valence-corrected chi connectivity index (χ3v) is 5.57. The van der Waals surface area contributed by atoms with E-state index in [0.29, 0.717) is 11.9 Å². The molecule has 2 aromatic rings. The van der Waals surface area contributed by atoms with Crippen molar-refractivity contribution in [1.29, 1.82) is 5.26 Å². The molecule has 1 aromatic carbocycles. The lowest BCUT2D eigenvalue weighted by Crippen LogP contribution is -2.40. The number of carbonyl (C=O) groups excluding carboxylic acids is 1. The van der Waals surface area contributed by atoms with Crippen molar-refractivity contribution >= 4 is 17.7 Å². The third-order valence-electron chi connectivity index (χ3n) is 5.57. The van der Waals surface area contributed by atoms with Gasteiger partial charge in [-0.1, -0.05) is 25.1 Å². The summed E-state index contributed by atoms with van der Waals surface area (Å²) >= 11 is 0. The standard InChI is InChI=1S/C20H20FN5O2/c1-11-6-8-26(9-7-11)20-24-17-16(19(28)25-20)15(13(10-22)18(27)23-17)12-4-2-3-5-14(12)21/h2-5,11,13,15H,6-9H2,1H3,(H2,23,24,25,27,28)/t13-,15-/m0/s1. The van der Waals surface area contributed by atoms with Gasteiger partial charge in [0.25, 0.3) is 5.56 Å². The number of amides is 1. The van der Waals surface area contributed by atoms with E-state index in [0.717, 1.165) is 25.9 Å². The van der Waals surface area contributed by atoms with Gasteiger partial charge in [0, 0.05) is 19.0 Å². The van der Waals surface area contributed by atoms with Gasteiger partial charge in [-0.25, -0.2) is 4.39 Å². The fourth-order valence-electron chi connectivity index (χ4n) is 3.93. The molecule has 8 heteroatoms. The summed E-state index contributed by atoms with van der Waals surface area (Å²) in [6.45, 7) is 3.70. The molecule has 2 aliphatic rings. The monoisotopic (exact) mass is 381 g/mol. The predicted molar refractivity (Wildman–Crippen MR) is 101 cm³/mol. The highest BCUT2D eigenvalue weighted by atomic mass is 19.1. The van der Waals surface area contributed by atoms with Crippen molar-refractivity contribution < 1.29 is 9.18 Å². The van der Waals surface area contributed by atoms with Gasteiger partial charge in [-0.05, 0) is 30.4 Å². The first-order valence-corrected chi connectivity index (χ1v) is 9.33. The van der Waals surface area contributed by atoms with Crippen LogP contribution >= 0.6 is 0 Å². The Morgan fingerprint density at radius 2 is 1.96 bits per heavy atom. The smallest absolute Gasteiger partial charge is 0.258 e. The van der Waals surface area contributed by atoms with Crippen LogP contribution in [0.2, 0.25) is 0 Å². The van der Waals surface area contributed by atoms with Crippen LogP contribution in [-0.2, 0) is 4.79 Å². The second-order valence-electron chi connectivity index (χ2n) is 7.42. The van der Waals surface area contributed by atoms with E-state index in [1.165, 1.54) is 18.2 Å². The van der Waals surface area contributed by atoms with E-state index >= 15 is 0 Å². The van der Waals surface area contributed by atoms with Gasteiger partial charge in [0.2, 0.25) is 11.9 Å². The van der Waals surface area contributed by atoms with Crippen LogP contribution in [0.15, 0.2) is 29.1 Å². The van der Waals surface area contributed by atoms with E-state index < -0.39 is 29.1 Å². The predicted octanol–water partition coefficient (Wildman–Crippen LogP) is 2.37. The Labute approximate surface area is 161 Å². The highest BCUT2D eigenvalue weighted by Gasteiger charge is 2.41. The van der Waals surface area contributed by atoms with Crippen LogP contribution in [0.3, 0.4) is 0 Å². The van der Waals surface area contributed by atoms with Gasteiger partial charge < -0.3 is 10.2 Å². The number of carbonyl (C=O) groups is 1. The van der Waals surface area contributed by atoms with Crippen molar-refractivity contribution in [2.24, 2.45) is 11.8 Å². The molecule has 28 heavy (non-hydrogen) atoms. The number of nitriles is 1. The number of aromatic amines is 1. The topological polar surface area (TPSA) is 102 Å². The number of fused-ring (bicyclic) bond motifs is 1. The molecule has 0 unspecified atom stereocenters. The zero-order valence-electron chi connectivity index (χ0n) is 15.4. The largest absolute Gasteiger partial charge is 0.342 e. The maximum absolute atomic E-state index is 14.5. The lowest BCUT2D eigenvalue weighted by atomic mass is 9.79. The van der Waals surface area contributed by atoms with Crippen LogP contribution in [0.4, 0.5) is 16.2 Å². The van der Waals surface area contributed by atoms with Gasteiger partial charge in [0.05, 0.1) is 11.6 Å². The molecule has 144 valence electrons. The summed E-state index contributed by atoms with van der Waals surface area (Å²) in [7, 11) is 0. The summed E-state index contributed by atoms with van der Waals surface area (Å²) in [6, 6.07) is 7.79. The van der Waals surface area contributed by atoms with Crippen molar-refractivity contribution in [2.45, 2.75) is 25.7 Å². The second kappa shape index (κ2) is 7.08. The number of anilines is 2. The van der Waals surface area contributed by atoms with E-state index in [2.05, 4.69) is 22.2 Å². The van der Waals surface area contributed by atoms with Crippen LogP contribution in [-0.4, -0.2) is 29.0 Å². The van der Waals surface area contributed by atoms with Crippen molar-refractivity contribution in [3.8, 4) is 6.07 Å². The molecule has 0 saturated carbocycles. The summed E-state index contributed by atoms with van der Waals surface area (Å²) < 4.78 is 14.5. The number of H-pyrrole nitrogens is 1. The molecule has 2 N–H and O–H groups in total. The molecule has 2 aliphatic heterocycles. The van der Waals surface area contributed by atoms with Gasteiger partial charge in [0.1, 0.15) is 17.6 Å². The third kappa shape index (κ3) is 3.03. The minimum atomic E-state index is -1.21. The lowest BCUT2D eigenvalue weighted by Gasteiger charge is -2.33. The minimum Gasteiger partial charge on any atom is -0.342 e. The average Bonchev–Trinajstić information content (AvgIpc) is 2.68. The van der Waals surface area contributed by atoms with Crippen LogP contribution < -0.4 is 15.8 Å². The van der Waals surface area contributed by atoms with E-state index in [4.69, 9.17) is 0 Å². The van der Waals surface area contributed by atoms with E-state index in [-0.39, 0.29) is 16.9 Å². The molecule has 0 aliphatic carbocycles. The maximum Gasteiger partial charge on any atom is 0.258 e. The maximum atomic E-state index is 14.5. The number of hydrogen-bond donors (Lipinski definition) is 2. The first-order valence-electron chi connectivity index (χ1n) is 9.33. The number of nitrogens with zero attached hydrogens (tertiary/aromatic N) is 3. The second-order valence-corrected chi connectivity index (χ2v) is 7.42. The minimum absolute atomic E-state index is 0.0992. The normalized spacial score (nSPS) is 22.3. The van der Waals surface area contributed by atoms with Crippen LogP contribution in [0, 0.1) is 29.0 Å². The van der Waals surface area contributed by atoms with Gasteiger partial charge in [-0.3, -0.25) is 14.6 Å². The average molecular weight is 381 g/mol.